The van der Waals surface area contributed by atoms with E-state index in [1.54, 1.807) is 12.3 Å². The second-order valence-electron chi connectivity index (χ2n) is 2.49. The Bertz CT molecular complexity index is 367. The standard InChI is InChI=1S/C6H10N2O2S2/c1-5-7-6(4-11-5)12(9,10)8(2)3/h4H,1-3H3. The molecular weight excluding hydrogens is 196 g/mol. The summed E-state index contributed by atoms with van der Waals surface area (Å²) in [5.74, 6) is 0. The van der Waals surface area contributed by atoms with Crippen molar-refractivity contribution in [3.05, 3.63) is 10.4 Å². The van der Waals surface area contributed by atoms with Crippen molar-refractivity contribution >= 4 is 21.4 Å². The third-order valence-electron chi connectivity index (χ3n) is 1.34. The summed E-state index contributed by atoms with van der Waals surface area (Å²) in [7, 11) is -0.343. The molecule has 4 nitrogen and oxygen atoms in total. The van der Waals surface area contributed by atoms with Crippen LogP contribution in [0.25, 0.3) is 0 Å². The Morgan fingerprint density at radius 2 is 2.08 bits per heavy atom. The SMILES string of the molecule is Cc1nc(S(=O)(=O)N(C)C)cs1. The second-order valence-corrected chi connectivity index (χ2v) is 5.65. The molecular formula is C6H10N2O2S2. The molecule has 0 saturated heterocycles. The molecule has 0 amide bonds. The summed E-state index contributed by atoms with van der Waals surface area (Å²) in [5, 5.41) is 2.44. The summed E-state index contributed by atoms with van der Waals surface area (Å²) >= 11 is 1.33. The van der Waals surface area contributed by atoms with Gasteiger partial charge in [-0.05, 0) is 6.92 Å². The van der Waals surface area contributed by atoms with Crippen LogP contribution in [0.2, 0.25) is 0 Å². The van der Waals surface area contributed by atoms with Crippen LogP contribution < -0.4 is 0 Å². The number of sulfonamides is 1. The van der Waals surface area contributed by atoms with Crippen LogP contribution >= 0.6 is 11.3 Å². The molecule has 0 atom stereocenters. The van der Waals surface area contributed by atoms with Gasteiger partial charge >= 0.3 is 0 Å². The molecule has 0 fully saturated rings. The van der Waals surface area contributed by atoms with Crippen LogP contribution in [0.15, 0.2) is 10.4 Å². The van der Waals surface area contributed by atoms with Gasteiger partial charge in [0.2, 0.25) is 0 Å². The Morgan fingerprint density at radius 3 is 2.42 bits per heavy atom. The van der Waals surface area contributed by atoms with E-state index < -0.39 is 10.0 Å². The summed E-state index contributed by atoms with van der Waals surface area (Å²) in [5.41, 5.74) is 0. The van der Waals surface area contributed by atoms with Crippen LogP contribution in [-0.2, 0) is 10.0 Å². The Morgan fingerprint density at radius 1 is 1.50 bits per heavy atom. The number of rotatable bonds is 2. The molecule has 1 rings (SSSR count). The van der Waals surface area contributed by atoms with Gasteiger partial charge in [-0.3, -0.25) is 0 Å². The van der Waals surface area contributed by atoms with E-state index in [4.69, 9.17) is 0 Å². The lowest BCUT2D eigenvalue weighted by molar-refractivity contribution is 0.517. The van der Waals surface area contributed by atoms with Gasteiger partial charge in [-0.25, -0.2) is 17.7 Å². The molecule has 0 aliphatic rings. The molecule has 1 heterocycles. The van der Waals surface area contributed by atoms with Crippen LogP contribution in [0.4, 0.5) is 0 Å². The summed E-state index contributed by atoms with van der Waals surface area (Å²) in [6.45, 7) is 1.78. The maximum atomic E-state index is 11.4. The van der Waals surface area contributed by atoms with Crippen molar-refractivity contribution < 1.29 is 8.42 Å². The van der Waals surface area contributed by atoms with Crippen LogP contribution in [0, 0.1) is 6.92 Å². The van der Waals surface area contributed by atoms with Gasteiger partial charge in [0.05, 0.1) is 5.01 Å². The van der Waals surface area contributed by atoms with E-state index in [-0.39, 0.29) is 5.03 Å². The van der Waals surface area contributed by atoms with Gasteiger partial charge in [0.15, 0.2) is 5.03 Å². The van der Waals surface area contributed by atoms with Crippen molar-refractivity contribution in [1.82, 2.24) is 9.29 Å². The Balaban J connectivity index is 3.15. The maximum Gasteiger partial charge on any atom is 0.260 e. The van der Waals surface area contributed by atoms with E-state index >= 15 is 0 Å². The number of aryl methyl sites for hydroxylation is 1. The highest BCUT2D eigenvalue weighted by Gasteiger charge is 2.19. The molecule has 1 aromatic heterocycles. The van der Waals surface area contributed by atoms with Crippen molar-refractivity contribution in [2.24, 2.45) is 0 Å². The number of hydrogen-bond acceptors (Lipinski definition) is 4. The van der Waals surface area contributed by atoms with Crippen LogP contribution in [0.1, 0.15) is 5.01 Å². The minimum Gasteiger partial charge on any atom is -0.229 e. The monoisotopic (exact) mass is 206 g/mol. The minimum absolute atomic E-state index is 0.134. The topological polar surface area (TPSA) is 50.3 Å². The molecule has 0 unspecified atom stereocenters. The fourth-order valence-corrected chi connectivity index (χ4v) is 2.44. The normalized spacial score (nSPS) is 12.3. The minimum atomic E-state index is -3.32. The lowest BCUT2D eigenvalue weighted by Crippen LogP contribution is -2.22. The molecule has 68 valence electrons. The van der Waals surface area contributed by atoms with Crippen molar-refractivity contribution in [1.29, 1.82) is 0 Å². The van der Waals surface area contributed by atoms with Crippen LogP contribution in [0.5, 0.6) is 0 Å². The zero-order chi connectivity index (χ0) is 9.35. The third-order valence-corrected chi connectivity index (χ3v) is 3.96. The highest BCUT2D eigenvalue weighted by molar-refractivity contribution is 7.89. The van der Waals surface area contributed by atoms with Crippen molar-refractivity contribution in [3.8, 4) is 0 Å². The number of nitrogens with zero attached hydrogens (tertiary/aromatic N) is 2. The summed E-state index contributed by atoms with van der Waals surface area (Å²) in [6, 6.07) is 0. The van der Waals surface area contributed by atoms with Gasteiger partial charge in [0, 0.05) is 19.5 Å². The first-order chi connectivity index (χ1) is 5.44. The first-order valence-electron chi connectivity index (χ1n) is 3.29. The zero-order valence-corrected chi connectivity index (χ0v) is 8.74. The van der Waals surface area contributed by atoms with Crippen LogP contribution in [-0.4, -0.2) is 31.8 Å². The van der Waals surface area contributed by atoms with Crippen molar-refractivity contribution in [2.75, 3.05) is 14.1 Å². The highest BCUT2D eigenvalue weighted by atomic mass is 32.2. The summed E-state index contributed by atoms with van der Waals surface area (Å²) in [6.07, 6.45) is 0. The van der Waals surface area contributed by atoms with E-state index in [9.17, 15) is 8.42 Å². The Kier molecular flexibility index (Phi) is 2.50. The lowest BCUT2D eigenvalue weighted by atomic mass is 10.8. The van der Waals surface area contributed by atoms with Gasteiger partial charge in [0.1, 0.15) is 0 Å². The maximum absolute atomic E-state index is 11.4. The summed E-state index contributed by atoms with van der Waals surface area (Å²) < 4.78 is 24.0. The molecule has 0 bridgehead atoms. The fourth-order valence-electron chi connectivity index (χ4n) is 0.649. The molecule has 12 heavy (non-hydrogen) atoms. The average molecular weight is 206 g/mol. The smallest absolute Gasteiger partial charge is 0.229 e. The molecule has 0 aliphatic heterocycles. The molecule has 0 aliphatic carbocycles. The van der Waals surface area contributed by atoms with Crippen LogP contribution in [0.3, 0.4) is 0 Å². The fraction of sp³-hybridized carbons (Fsp3) is 0.500. The second kappa shape index (κ2) is 3.12. The molecule has 0 spiro atoms. The van der Waals surface area contributed by atoms with Gasteiger partial charge in [0.25, 0.3) is 10.0 Å². The summed E-state index contributed by atoms with van der Waals surface area (Å²) in [4.78, 5) is 3.89. The molecule has 1 aromatic rings. The quantitative estimate of drug-likeness (QED) is 0.715. The van der Waals surface area contributed by atoms with Gasteiger partial charge < -0.3 is 0 Å². The Labute approximate surface area is 75.9 Å². The molecule has 6 heteroatoms. The molecule has 0 aromatic carbocycles. The average Bonchev–Trinajstić information content (AvgIpc) is 2.35. The predicted molar refractivity (Wildman–Crippen MR) is 47.7 cm³/mol. The first kappa shape index (κ1) is 9.63. The first-order valence-corrected chi connectivity index (χ1v) is 5.61. The third kappa shape index (κ3) is 1.65. The number of aromatic nitrogens is 1. The van der Waals surface area contributed by atoms with Gasteiger partial charge in [-0.15, -0.1) is 11.3 Å². The number of hydrogen-bond donors (Lipinski definition) is 0. The van der Waals surface area contributed by atoms with E-state index in [2.05, 4.69) is 4.98 Å². The largest absolute Gasteiger partial charge is 0.260 e. The predicted octanol–water partition coefficient (Wildman–Crippen LogP) is 0.702. The molecule has 0 radical (unpaired) electrons. The van der Waals surface area contributed by atoms with Crippen molar-refractivity contribution in [2.45, 2.75) is 11.9 Å². The van der Waals surface area contributed by atoms with E-state index in [0.717, 1.165) is 9.31 Å². The van der Waals surface area contributed by atoms with E-state index in [1.165, 1.54) is 25.4 Å². The van der Waals surface area contributed by atoms with E-state index in [0.29, 0.717) is 0 Å². The van der Waals surface area contributed by atoms with Gasteiger partial charge in [-0.1, -0.05) is 0 Å². The number of thiazole rings is 1. The van der Waals surface area contributed by atoms with Crippen molar-refractivity contribution in [3.63, 3.8) is 0 Å². The lowest BCUT2D eigenvalue weighted by Gasteiger charge is -2.07. The molecule has 0 N–H and O–H groups in total. The van der Waals surface area contributed by atoms with E-state index in [1.807, 2.05) is 0 Å². The molecule has 0 saturated carbocycles. The Hall–Kier alpha value is -0.460. The van der Waals surface area contributed by atoms with Gasteiger partial charge in [-0.2, -0.15) is 0 Å². The highest BCUT2D eigenvalue weighted by Crippen LogP contribution is 2.15. The zero-order valence-electron chi connectivity index (χ0n) is 7.10.